The van der Waals surface area contributed by atoms with Crippen LogP contribution in [0.2, 0.25) is 0 Å². The fraction of sp³-hybridized carbons (Fsp3) is 0.780. The Kier molecular flexibility index (Phi) is 16.1. The lowest BCUT2D eigenvalue weighted by molar-refractivity contribution is -0.398. The fourth-order valence-electron chi connectivity index (χ4n) is 11.6. The third kappa shape index (κ3) is 10.4. The number of carboxylic acid groups (broad SMARTS) is 1. The molecule has 1 aromatic heterocycles. The molecule has 5 aliphatic rings. The van der Waals surface area contributed by atoms with Crippen molar-refractivity contribution < 1.29 is 58.2 Å². The zero-order valence-corrected chi connectivity index (χ0v) is 40.3. The molecule has 0 bridgehead atoms. The first-order chi connectivity index (χ1) is 30.7. The number of aliphatic hydroxyl groups is 2. The summed E-state index contributed by atoms with van der Waals surface area (Å²) < 4.78 is 34.4. The zero-order chi connectivity index (χ0) is 47.6. The molecule has 4 fully saturated rings. The number of aromatic nitrogens is 1. The highest BCUT2D eigenvalue weighted by Gasteiger charge is 2.63. The number of carbonyl (C=O) groups is 4. The standard InChI is InChI=1S/C50H77N3O12/c1-11-35(46(58)59)37-17-16-28(4)42(62-37)32(8)40(54)31(7)41(55)36(12-2)43-29(5)25-30(6)49(63-43)21-18-38(53-45(57)44(56)52-27-34-15-14-24-51-26-34)50(65-49)23-22-47(10,64-50)39-19-20-48(60,13-3)33(9)61-39/h14-15,18,21,24,26,28-33,35-40,42-43,54,60H,11-13,16-17,19-20,22-23,25,27H2,1-10H3,(H,52,56)(H,53,57)(H,58,59)/t28-,29-,30+,31-,32-,33-,35+,36-,37+,38+,39+,40+,42+,43-,47-,48+,49-,50-/m0/s1. The normalized spacial score (nSPS) is 39.5. The van der Waals surface area contributed by atoms with Gasteiger partial charge >= 0.3 is 17.8 Å². The molecule has 4 saturated heterocycles. The number of carbonyl (C=O) groups excluding carboxylic acids is 3. The minimum absolute atomic E-state index is 0.0687. The summed E-state index contributed by atoms with van der Waals surface area (Å²) >= 11 is 0. The van der Waals surface area contributed by atoms with E-state index < -0.39 is 107 Å². The number of rotatable bonds is 15. The summed E-state index contributed by atoms with van der Waals surface area (Å²) in [4.78, 5) is 57.7. The van der Waals surface area contributed by atoms with Crippen LogP contribution in [-0.4, -0.2) is 109 Å². The monoisotopic (exact) mass is 912 g/mol. The summed E-state index contributed by atoms with van der Waals surface area (Å²) in [5.74, 6) is -8.34. The molecule has 15 heteroatoms. The topological polar surface area (TPSA) is 212 Å². The van der Waals surface area contributed by atoms with Crippen LogP contribution in [0.3, 0.4) is 0 Å². The first-order valence-corrected chi connectivity index (χ1v) is 24.4. The van der Waals surface area contributed by atoms with Crippen molar-refractivity contribution in [3.8, 4) is 0 Å². The number of Topliss-reactive ketones (excluding diaryl/α,β-unsaturated/α-hetero) is 1. The number of ketones is 1. The van der Waals surface area contributed by atoms with Gasteiger partial charge in [-0.2, -0.15) is 0 Å². The van der Waals surface area contributed by atoms with Gasteiger partial charge in [0.25, 0.3) is 0 Å². The van der Waals surface area contributed by atoms with Gasteiger partial charge in [0.1, 0.15) is 11.8 Å². The molecule has 15 nitrogen and oxygen atoms in total. The van der Waals surface area contributed by atoms with Crippen molar-refractivity contribution in [3.05, 3.63) is 42.2 Å². The van der Waals surface area contributed by atoms with Crippen LogP contribution >= 0.6 is 0 Å². The first-order valence-electron chi connectivity index (χ1n) is 24.4. The van der Waals surface area contributed by atoms with E-state index in [-0.39, 0.29) is 30.1 Å². The predicted octanol–water partition coefficient (Wildman–Crippen LogP) is 6.02. The second-order valence-electron chi connectivity index (χ2n) is 20.5. The second kappa shape index (κ2) is 20.5. The van der Waals surface area contributed by atoms with E-state index >= 15 is 0 Å². The number of ether oxygens (including phenoxy) is 5. The second-order valence-corrected chi connectivity index (χ2v) is 20.5. The molecule has 6 heterocycles. The molecule has 18 atom stereocenters. The maximum Gasteiger partial charge on any atom is 0.309 e. The Hall–Kier alpha value is -3.31. The Labute approximate surface area is 385 Å². The lowest BCUT2D eigenvalue weighted by Crippen LogP contribution is -2.66. The number of aliphatic carboxylic acids is 1. The van der Waals surface area contributed by atoms with Gasteiger partial charge in [-0.1, -0.05) is 67.5 Å². The lowest BCUT2D eigenvalue weighted by Gasteiger charge is -2.55. The number of hydrogen-bond acceptors (Lipinski definition) is 12. The average Bonchev–Trinajstić information content (AvgIpc) is 3.63. The Morgan fingerprint density at radius 2 is 1.63 bits per heavy atom. The fourth-order valence-corrected chi connectivity index (χ4v) is 11.6. The average molecular weight is 912 g/mol. The summed E-state index contributed by atoms with van der Waals surface area (Å²) in [5, 5.41) is 38.6. The summed E-state index contributed by atoms with van der Waals surface area (Å²) in [6, 6.07) is 2.63. The molecule has 1 aromatic rings. The van der Waals surface area contributed by atoms with Gasteiger partial charge in [-0.15, -0.1) is 0 Å². The highest BCUT2D eigenvalue weighted by molar-refractivity contribution is 6.35. The van der Waals surface area contributed by atoms with Gasteiger partial charge < -0.3 is 49.6 Å². The van der Waals surface area contributed by atoms with E-state index in [0.29, 0.717) is 57.8 Å². The van der Waals surface area contributed by atoms with E-state index in [1.165, 1.54) is 0 Å². The van der Waals surface area contributed by atoms with Crippen molar-refractivity contribution >= 4 is 23.6 Å². The van der Waals surface area contributed by atoms with Crippen LogP contribution < -0.4 is 10.6 Å². The molecule has 0 unspecified atom stereocenters. The number of pyridine rings is 1. The van der Waals surface area contributed by atoms with Gasteiger partial charge in [0.2, 0.25) is 0 Å². The van der Waals surface area contributed by atoms with Crippen molar-refractivity contribution in [1.82, 2.24) is 15.6 Å². The minimum Gasteiger partial charge on any atom is -0.481 e. The first kappa shape index (κ1) is 51.1. The molecule has 5 N–H and O–H groups in total. The molecule has 6 rings (SSSR count). The van der Waals surface area contributed by atoms with Gasteiger partial charge in [0.15, 0.2) is 11.6 Å². The number of carboxylic acids is 1. The number of hydrogen-bond donors (Lipinski definition) is 5. The van der Waals surface area contributed by atoms with Crippen LogP contribution in [0.4, 0.5) is 0 Å². The molecular weight excluding hydrogens is 835 g/mol. The van der Waals surface area contributed by atoms with Crippen molar-refractivity contribution in [3.63, 3.8) is 0 Å². The van der Waals surface area contributed by atoms with Crippen LogP contribution in [0.25, 0.3) is 0 Å². The van der Waals surface area contributed by atoms with Crippen LogP contribution in [0.5, 0.6) is 0 Å². The number of amides is 2. The van der Waals surface area contributed by atoms with E-state index in [0.717, 1.165) is 12.0 Å². The SMILES string of the molecule is CC[C@@H](C(=O)[C@@H](C)[C@@H](O)[C@H](C)[C@@H]1O[C@@H]([C@@H](CC)C(=O)O)CC[C@@H]1C)[C@H]1O[C@]2(C=C[C@@H](NC(=O)C(=O)NCc3cccnc3)[C@]3(CC[C@@](C)([C@H]4CC[C@](O)(CC)[C@H](C)O4)O3)O2)[C@H](C)C[C@@H]1C. The Bertz CT molecular complexity index is 1870. The van der Waals surface area contributed by atoms with Crippen LogP contribution in [0.15, 0.2) is 36.7 Å². The summed E-state index contributed by atoms with van der Waals surface area (Å²) in [7, 11) is 0. The molecule has 364 valence electrons. The molecule has 0 radical (unpaired) electrons. The third-order valence-electron chi connectivity index (χ3n) is 16.1. The van der Waals surface area contributed by atoms with Crippen molar-refractivity contribution in [1.29, 1.82) is 0 Å². The third-order valence-corrected chi connectivity index (χ3v) is 16.1. The highest BCUT2D eigenvalue weighted by atomic mass is 16.8. The van der Waals surface area contributed by atoms with Gasteiger partial charge in [0.05, 0.1) is 53.7 Å². The lowest BCUT2D eigenvalue weighted by atomic mass is 9.72. The van der Waals surface area contributed by atoms with E-state index in [1.807, 2.05) is 48.5 Å². The van der Waals surface area contributed by atoms with Crippen molar-refractivity contribution in [2.75, 3.05) is 0 Å². The molecule has 5 aliphatic heterocycles. The molecule has 0 saturated carbocycles. The molecule has 65 heavy (non-hydrogen) atoms. The van der Waals surface area contributed by atoms with Crippen LogP contribution in [-0.2, 0) is 49.4 Å². The van der Waals surface area contributed by atoms with Crippen LogP contribution in [0.1, 0.15) is 139 Å². The number of nitrogens with zero attached hydrogens (tertiary/aromatic N) is 1. The Morgan fingerprint density at radius 1 is 0.908 bits per heavy atom. The van der Waals surface area contributed by atoms with Gasteiger partial charge in [0, 0.05) is 49.0 Å². The Morgan fingerprint density at radius 3 is 2.26 bits per heavy atom. The number of nitrogens with one attached hydrogen (secondary N) is 2. The van der Waals surface area contributed by atoms with Crippen molar-refractivity contribution in [2.45, 2.75) is 205 Å². The zero-order valence-electron chi connectivity index (χ0n) is 40.3. The summed E-state index contributed by atoms with van der Waals surface area (Å²) in [5.41, 5.74) is -1.13. The van der Waals surface area contributed by atoms with Crippen molar-refractivity contribution in [2.24, 2.45) is 41.4 Å². The largest absolute Gasteiger partial charge is 0.481 e. The smallest absolute Gasteiger partial charge is 0.309 e. The van der Waals surface area contributed by atoms with E-state index in [2.05, 4.69) is 29.5 Å². The molecule has 0 aromatic carbocycles. The molecule has 2 spiro atoms. The van der Waals surface area contributed by atoms with Crippen LogP contribution in [0, 0.1) is 41.4 Å². The van der Waals surface area contributed by atoms with E-state index in [1.54, 1.807) is 43.6 Å². The van der Waals surface area contributed by atoms with Gasteiger partial charge in [-0.25, -0.2) is 0 Å². The molecule has 2 amide bonds. The van der Waals surface area contributed by atoms with E-state index in [4.69, 9.17) is 23.7 Å². The summed E-state index contributed by atoms with van der Waals surface area (Å²) in [6.07, 6.45) is 8.72. The summed E-state index contributed by atoms with van der Waals surface area (Å²) in [6.45, 7) is 19.5. The highest BCUT2D eigenvalue weighted by Crippen LogP contribution is 2.54. The van der Waals surface area contributed by atoms with Gasteiger partial charge in [-0.3, -0.25) is 24.2 Å². The number of aliphatic hydroxyl groups excluding tert-OH is 1. The Balaban J connectivity index is 1.24. The minimum atomic E-state index is -1.51. The maximum atomic E-state index is 14.7. The van der Waals surface area contributed by atoms with E-state index in [9.17, 15) is 34.5 Å². The molecular formula is C50H77N3O12. The maximum absolute atomic E-state index is 14.7. The van der Waals surface area contributed by atoms with Gasteiger partial charge in [-0.05, 0) is 101 Å². The predicted molar refractivity (Wildman–Crippen MR) is 241 cm³/mol. The quantitative estimate of drug-likeness (QED) is 0.101. The molecule has 0 aliphatic carbocycles.